The highest BCUT2D eigenvalue weighted by Crippen LogP contribution is 2.39. The van der Waals surface area contributed by atoms with Crippen molar-refractivity contribution in [2.75, 3.05) is 11.1 Å². The van der Waals surface area contributed by atoms with Gasteiger partial charge in [-0.15, -0.1) is 11.3 Å². The molecule has 1 aliphatic carbocycles. The predicted molar refractivity (Wildman–Crippen MR) is 112 cm³/mol. The highest BCUT2D eigenvalue weighted by atomic mass is 32.2. The van der Waals surface area contributed by atoms with Gasteiger partial charge in [0.1, 0.15) is 10.8 Å². The summed E-state index contributed by atoms with van der Waals surface area (Å²) in [5.74, 6) is -2.11. The molecular formula is C20H19F2N3OS2. The van der Waals surface area contributed by atoms with E-state index >= 15 is 0 Å². The number of hydrogen-bond acceptors (Lipinski definition) is 5. The molecule has 1 amide bonds. The number of hydrogen-bond donors (Lipinski definition) is 1. The zero-order valence-corrected chi connectivity index (χ0v) is 16.7. The van der Waals surface area contributed by atoms with E-state index in [4.69, 9.17) is 9.98 Å². The van der Waals surface area contributed by atoms with Gasteiger partial charge in [0.15, 0.2) is 17.3 Å². The van der Waals surface area contributed by atoms with Gasteiger partial charge < -0.3 is 5.32 Å². The lowest BCUT2D eigenvalue weighted by Gasteiger charge is -2.27. The molecule has 2 heterocycles. The fourth-order valence-electron chi connectivity index (χ4n) is 3.44. The monoisotopic (exact) mass is 419 g/mol. The van der Waals surface area contributed by atoms with E-state index in [2.05, 4.69) is 5.32 Å². The molecule has 1 aromatic carbocycles. The molecule has 146 valence electrons. The van der Waals surface area contributed by atoms with Gasteiger partial charge in [0, 0.05) is 11.8 Å². The molecule has 0 atom stereocenters. The standard InChI is InChI=1S/C20H19F2N3OS2/c21-14-7-6-13(11-15(14)22)23-17(26)12-28-19-18(16-5-4-10-27-16)24-20(25-19)8-2-1-3-9-20/h4-7,10-11H,1-3,8-9,12H2,(H,23,26). The molecule has 4 nitrogen and oxygen atoms in total. The quantitative estimate of drug-likeness (QED) is 0.735. The van der Waals surface area contributed by atoms with E-state index in [0.29, 0.717) is 0 Å². The van der Waals surface area contributed by atoms with Crippen LogP contribution < -0.4 is 5.32 Å². The third-order valence-corrected chi connectivity index (χ3v) is 6.63. The SMILES string of the molecule is O=C(CSC1=NC2(CCCCC2)N=C1c1cccs1)Nc1ccc(F)c(F)c1. The third-order valence-electron chi connectivity index (χ3n) is 4.78. The van der Waals surface area contributed by atoms with E-state index in [9.17, 15) is 13.6 Å². The van der Waals surface area contributed by atoms with E-state index in [1.54, 1.807) is 11.3 Å². The molecule has 1 saturated carbocycles. The van der Waals surface area contributed by atoms with Gasteiger partial charge in [-0.3, -0.25) is 9.79 Å². The fraction of sp³-hybridized carbons (Fsp3) is 0.350. The topological polar surface area (TPSA) is 53.8 Å². The van der Waals surface area contributed by atoms with Gasteiger partial charge in [-0.2, -0.15) is 0 Å². The number of carbonyl (C=O) groups excluding carboxylic acids is 1. The lowest BCUT2D eigenvalue weighted by molar-refractivity contribution is -0.113. The van der Waals surface area contributed by atoms with Gasteiger partial charge in [0.25, 0.3) is 0 Å². The average molecular weight is 420 g/mol. The number of benzene rings is 1. The number of carbonyl (C=O) groups is 1. The summed E-state index contributed by atoms with van der Waals surface area (Å²) in [5, 5.41) is 5.38. The number of anilines is 1. The maximum atomic E-state index is 13.3. The molecule has 0 radical (unpaired) electrons. The lowest BCUT2D eigenvalue weighted by Crippen LogP contribution is -2.25. The number of aliphatic imine (C=N–C) groups is 2. The maximum Gasteiger partial charge on any atom is 0.234 e. The van der Waals surface area contributed by atoms with Crippen LogP contribution in [0.2, 0.25) is 0 Å². The van der Waals surface area contributed by atoms with Gasteiger partial charge in [-0.25, -0.2) is 13.8 Å². The number of thioether (sulfide) groups is 1. The van der Waals surface area contributed by atoms with E-state index < -0.39 is 11.6 Å². The summed E-state index contributed by atoms with van der Waals surface area (Å²) < 4.78 is 26.3. The largest absolute Gasteiger partial charge is 0.325 e. The number of rotatable bonds is 4. The van der Waals surface area contributed by atoms with Crippen LogP contribution in [-0.2, 0) is 4.79 Å². The van der Waals surface area contributed by atoms with Crippen molar-refractivity contribution < 1.29 is 13.6 Å². The molecule has 28 heavy (non-hydrogen) atoms. The minimum absolute atomic E-state index is 0.123. The van der Waals surface area contributed by atoms with E-state index in [-0.39, 0.29) is 23.0 Å². The Morgan fingerprint density at radius 2 is 1.96 bits per heavy atom. The molecule has 0 bridgehead atoms. The van der Waals surface area contributed by atoms with Gasteiger partial charge in [-0.05, 0) is 49.3 Å². The van der Waals surface area contributed by atoms with Crippen molar-refractivity contribution in [1.82, 2.24) is 0 Å². The third kappa shape index (κ3) is 4.17. The van der Waals surface area contributed by atoms with Crippen molar-refractivity contribution in [3.63, 3.8) is 0 Å². The summed E-state index contributed by atoms with van der Waals surface area (Å²) in [6.45, 7) is 0. The van der Waals surface area contributed by atoms with Crippen LogP contribution >= 0.6 is 23.1 Å². The first-order chi connectivity index (χ1) is 13.5. The summed E-state index contributed by atoms with van der Waals surface area (Å²) in [5.41, 5.74) is 0.715. The first kappa shape index (κ1) is 19.3. The van der Waals surface area contributed by atoms with E-state index in [0.717, 1.165) is 53.4 Å². The normalized spacial score (nSPS) is 18.1. The Balaban J connectivity index is 1.46. The molecule has 1 fully saturated rings. The Hall–Kier alpha value is -2.06. The minimum atomic E-state index is -0.989. The Kier molecular flexibility index (Phi) is 5.59. The second-order valence-electron chi connectivity index (χ2n) is 6.86. The number of amides is 1. The highest BCUT2D eigenvalue weighted by Gasteiger charge is 2.38. The van der Waals surface area contributed by atoms with Crippen LogP contribution in [0.5, 0.6) is 0 Å². The minimum Gasteiger partial charge on any atom is -0.325 e. The first-order valence-electron chi connectivity index (χ1n) is 9.16. The number of halogens is 2. The van der Waals surface area contributed by atoms with Crippen molar-refractivity contribution in [3.8, 4) is 0 Å². The Bertz CT molecular complexity index is 935. The summed E-state index contributed by atoms with van der Waals surface area (Å²) in [7, 11) is 0. The zero-order chi connectivity index (χ0) is 19.6. The van der Waals surface area contributed by atoms with Crippen molar-refractivity contribution in [1.29, 1.82) is 0 Å². The molecule has 1 spiro atoms. The van der Waals surface area contributed by atoms with Gasteiger partial charge >= 0.3 is 0 Å². The lowest BCUT2D eigenvalue weighted by atomic mass is 9.90. The van der Waals surface area contributed by atoms with Crippen LogP contribution in [0, 0.1) is 11.6 Å². The van der Waals surface area contributed by atoms with Crippen LogP contribution in [0.4, 0.5) is 14.5 Å². The molecule has 0 saturated heterocycles. The number of nitrogens with one attached hydrogen (secondary N) is 1. The summed E-state index contributed by atoms with van der Waals surface area (Å²) >= 11 is 2.95. The van der Waals surface area contributed by atoms with Gasteiger partial charge in [-0.1, -0.05) is 24.2 Å². The Morgan fingerprint density at radius 3 is 2.68 bits per heavy atom. The zero-order valence-electron chi connectivity index (χ0n) is 15.1. The summed E-state index contributed by atoms with van der Waals surface area (Å²) in [4.78, 5) is 23.2. The van der Waals surface area contributed by atoms with Gasteiger partial charge in [0.2, 0.25) is 5.91 Å². The van der Waals surface area contributed by atoms with Crippen molar-refractivity contribution in [3.05, 3.63) is 52.2 Å². The summed E-state index contributed by atoms with van der Waals surface area (Å²) in [6, 6.07) is 7.30. The predicted octanol–water partition coefficient (Wildman–Crippen LogP) is 5.26. The Morgan fingerprint density at radius 1 is 1.14 bits per heavy atom. The number of nitrogens with zero attached hydrogens (tertiary/aromatic N) is 2. The maximum absolute atomic E-state index is 13.3. The van der Waals surface area contributed by atoms with Crippen molar-refractivity contribution >= 4 is 45.4 Å². The molecule has 8 heteroatoms. The molecular weight excluding hydrogens is 400 g/mol. The molecule has 4 rings (SSSR count). The van der Waals surface area contributed by atoms with Crippen LogP contribution in [0.1, 0.15) is 37.0 Å². The van der Waals surface area contributed by atoms with E-state index in [1.165, 1.54) is 24.2 Å². The second kappa shape index (κ2) is 8.13. The highest BCUT2D eigenvalue weighted by molar-refractivity contribution is 8.16. The molecule has 0 unspecified atom stereocenters. The summed E-state index contributed by atoms with van der Waals surface area (Å²) in [6.07, 6.45) is 5.30. The molecule has 1 N–H and O–H groups in total. The van der Waals surface area contributed by atoms with Crippen molar-refractivity contribution in [2.24, 2.45) is 9.98 Å². The molecule has 2 aliphatic rings. The van der Waals surface area contributed by atoms with Crippen LogP contribution in [-0.4, -0.2) is 28.1 Å². The second-order valence-corrected chi connectivity index (χ2v) is 8.78. The van der Waals surface area contributed by atoms with Crippen LogP contribution in [0.15, 0.2) is 45.7 Å². The van der Waals surface area contributed by atoms with Crippen LogP contribution in [0.25, 0.3) is 0 Å². The molecule has 2 aromatic rings. The van der Waals surface area contributed by atoms with Crippen LogP contribution in [0.3, 0.4) is 0 Å². The Labute approximate surface area is 170 Å². The number of thiophene rings is 1. The average Bonchev–Trinajstić information content (AvgIpc) is 3.32. The van der Waals surface area contributed by atoms with Gasteiger partial charge in [0.05, 0.1) is 10.6 Å². The first-order valence-corrected chi connectivity index (χ1v) is 11.0. The molecule has 1 aromatic heterocycles. The van der Waals surface area contributed by atoms with E-state index in [1.807, 2.05) is 17.5 Å². The smallest absolute Gasteiger partial charge is 0.234 e. The fourth-order valence-corrected chi connectivity index (χ4v) is 5.09. The molecule has 1 aliphatic heterocycles. The van der Waals surface area contributed by atoms with Crippen molar-refractivity contribution in [2.45, 2.75) is 37.8 Å².